The van der Waals surface area contributed by atoms with Gasteiger partial charge in [0, 0.05) is 16.6 Å². The molecule has 3 amide bonds. The Bertz CT molecular complexity index is 1410. The van der Waals surface area contributed by atoms with Crippen molar-refractivity contribution >= 4 is 45.6 Å². The Hall–Kier alpha value is -3.44. The summed E-state index contributed by atoms with van der Waals surface area (Å²) in [7, 11) is 1.62. The number of carbonyl (C=O) groups is 2. The number of fused-ring (bicyclic) bond motifs is 1. The number of imide groups is 1. The third-order valence-corrected chi connectivity index (χ3v) is 7.23. The van der Waals surface area contributed by atoms with Gasteiger partial charge in [-0.3, -0.25) is 9.69 Å². The summed E-state index contributed by atoms with van der Waals surface area (Å²) in [6.07, 6.45) is 0. The van der Waals surface area contributed by atoms with E-state index in [-0.39, 0.29) is 11.8 Å². The van der Waals surface area contributed by atoms with E-state index in [9.17, 15) is 9.59 Å². The molecular weight excluding hydrogens is 583 g/mol. The second-order valence-electron chi connectivity index (χ2n) is 8.93. The molecule has 0 saturated carbocycles. The van der Waals surface area contributed by atoms with Crippen LogP contribution in [0.3, 0.4) is 0 Å². The third-order valence-electron chi connectivity index (χ3n) is 6.56. The number of ether oxygens (including phenoxy) is 2. The molecule has 4 aromatic rings. The SMILES string of the molecule is COCCOc1ccc(C2NC(=O)N([C@H](c3nc4ccc(I)cc4[nH]3)[C@@H](C)c3ccccc3)C2=O)cc1. The molecule has 9 heteroatoms. The van der Waals surface area contributed by atoms with E-state index in [1.54, 1.807) is 31.4 Å². The van der Waals surface area contributed by atoms with Crippen molar-refractivity contribution in [2.75, 3.05) is 20.3 Å². The zero-order valence-electron chi connectivity index (χ0n) is 20.5. The molecule has 2 N–H and O–H groups in total. The Kier molecular flexibility index (Phi) is 7.43. The Morgan fingerprint density at radius 1 is 1.03 bits per heavy atom. The number of imidazole rings is 1. The lowest BCUT2D eigenvalue weighted by atomic mass is 9.91. The first kappa shape index (κ1) is 25.2. The molecule has 37 heavy (non-hydrogen) atoms. The molecular formula is C28H27IN4O4. The van der Waals surface area contributed by atoms with Crippen molar-refractivity contribution in [3.05, 3.63) is 93.3 Å². The van der Waals surface area contributed by atoms with Crippen LogP contribution < -0.4 is 10.1 Å². The van der Waals surface area contributed by atoms with Crippen LogP contribution in [0, 0.1) is 3.57 Å². The maximum absolute atomic E-state index is 13.8. The first-order valence-corrected chi connectivity index (χ1v) is 13.1. The lowest BCUT2D eigenvalue weighted by Gasteiger charge is -2.29. The van der Waals surface area contributed by atoms with E-state index in [0.29, 0.717) is 30.4 Å². The van der Waals surface area contributed by atoms with Gasteiger partial charge >= 0.3 is 6.03 Å². The Balaban J connectivity index is 1.48. The van der Waals surface area contributed by atoms with Crippen molar-refractivity contribution in [3.8, 4) is 5.75 Å². The van der Waals surface area contributed by atoms with Gasteiger partial charge in [-0.25, -0.2) is 9.78 Å². The van der Waals surface area contributed by atoms with Crippen LogP contribution in [0.25, 0.3) is 11.0 Å². The van der Waals surface area contributed by atoms with Gasteiger partial charge in [0.1, 0.15) is 30.3 Å². The number of amides is 3. The van der Waals surface area contributed by atoms with Gasteiger partial charge in [0.15, 0.2) is 0 Å². The molecule has 1 saturated heterocycles. The molecule has 1 unspecified atom stereocenters. The van der Waals surface area contributed by atoms with Gasteiger partial charge in [0.25, 0.3) is 5.91 Å². The average Bonchev–Trinajstić information content (AvgIpc) is 3.45. The van der Waals surface area contributed by atoms with E-state index in [1.807, 2.05) is 55.5 Å². The van der Waals surface area contributed by atoms with Crippen LogP contribution in [-0.4, -0.2) is 47.1 Å². The van der Waals surface area contributed by atoms with Gasteiger partial charge in [0.05, 0.1) is 17.6 Å². The van der Waals surface area contributed by atoms with Crippen LogP contribution in [0.2, 0.25) is 0 Å². The van der Waals surface area contributed by atoms with Crippen LogP contribution in [0.15, 0.2) is 72.8 Å². The Morgan fingerprint density at radius 3 is 2.51 bits per heavy atom. The molecule has 1 aliphatic rings. The highest BCUT2D eigenvalue weighted by molar-refractivity contribution is 14.1. The molecule has 0 spiro atoms. The number of benzene rings is 3. The molecule has 3 atom stereocenters. The van der Waals surface area contributed by atoms with Crippen LogP contribution in [0.4, 0.5) is 4.79 Å². The number of aromatic amines is 1. The number of nitrogens with one attached hydrogen (secondary N) is 2. The van der Waals surface area contributed by atoms with Crippen molar-refractivity contribution in [2.45, 2.75) is 24.9 Å². The van der Waals surface area contributed by atoms with Gasteiger partial charge in [-0.15, -0.1) is 0 Å². The molecule has 5 rings (SSSR count). The van der Waals surface area contributed by atoms with Gasteiger partial charge in [-0.2, -0.15) is 0 Å². The fourth-order valence-electron chi connectivity index (χ4n) is 4.65. The largest absolute Gasteiger partial charge is 0.491 e. The van der Waals surface area contributed by atoms with Crippen LogP contribution >= 0.6 is 22.6 Å². The second-order valence-corrected chi connectivity index (χ2v) is 10.2. The minimum atomic E-state index is -0.795. The molecule has 8 nitrogen and oxygen atoms in total. The summed E-state index contributed by atoms with van der Waals surface area (Å²) in [5.41, 5.74) is 3.34. The lowest BCUT2D eigenvalue weighted by molar-refractivity contribution is -0.129. The maximum Gasteiger partial charge on any atom is 0.325 e. The number of carbonyl (C=O) groups excluding carboxylic acids is 2. The van der Waals surface area contributed by atoms with Crippen LogP contribution in [0.1, 0.15) is 41.9 Å². The zero-order valence-corrected chi connectivity index (χ0v) is 22.6. The number of nitrogens with zero attached hydrogens (tertiary/aromatic N) is 2. The standard InChI is InChI=1S/C28H27IN4O4/c1-17(18-6-4-3-5-7-18)25(26-30-22-13-10-20(29)16-23(22)31-26)33-27(34)24(32-28(33)35)19-8-11-21(12-9-19)37-15-14-36-2/h3-13,16-17,24-25H,14-15H2,1-2H3,(H,30,31)(H,32,35)/t17-,24?,25-/m0/s1. The minimum absolute atomic E-state index is 0.203. The second kappa shape index (κ2) is 10.9. The molecule has 0 radical (unpaired) electrons. The summed E-state index contributed by atoms with van der Waals surface area (Å²) in [6, 6.07) is 21.1. The molecule has 2 heterocycles. The summed E-state index contributed by atoms with van der Waals surface area (Å²) < 4.78 is 11.7. The summed E-state index contributed by atoms with van der Waals surface area (Å²) in [5.74, 6) is 0.716. The number of aromatic nitrogens is 2. The fraction of sp³-hybridized carbons (Fsp3) is 0.250. The Morgan fingerprint density at radius 2 is 1.78 bits per heavy atom. The highest BCUT2D eigenvalue weighted by atomic mass is 127. The summed E-state index contributed by atoms with van der Waals surface area (Å²) in [4.78, 5) is 36.6. The minimum Gasteiger partial charge on any atom is -0.491 e. The Labute approximate surface area is 228 Å². The normalized spacial score (nSPS) is 17.2. The molecule has 3 aromatic carbocycles. The van der Waals surface area contributed by atoms with Crippen molar-refractivity contribution in [1.82, 2.24) is 20.2 Å². The number of hydrogen-bond donors (Lipinski definition) is 2. The summed E-state index contributed by atoms with van der Waals surface area (Å²) in [6.45, 7) is 2.92. The van der Waals surface area contributed by atoms with E-state index >= 15 is 0 Å². The zero-order chi connectivity index (χ0) is 25.9. The molecule has 1 aliphatic heterocycles. The number of urea groups is 1. The number of H-pyrrole nitrogens is 1. The fourth-order valence-corrected chi connectivity index (χ4v) is 5.14. The predicted molar refractivity (Wildman–Crippen MR) is 148 cm³/mol. The predicted octanol–water partition coefficient (Wildman–Crippen LogP) is 5.33. The van der Waals surface area contributed by atoms with E-state index in [4.69, 9.17) is 14.5 Å². The van der Waals surface area contributed by atoms with Gasteiger partial charge in [0.2, 0.25) is 0 Å². The highest BCUT2D eigenvalue weighted by Crippen LogP contribution is 2.39. The number of methoxy groups -OCH3 is 1. The number of halogens is 1. The van der Waals surface area contributed by atoms with Gasteiger partial charge < -0.3 is 19.8 Å². The van der Waals surface area contributed by atoms with E-state index in [0.717, 1.165) is 20.2 Å². The van der Waals surface area contributed by atoms with E-state index < -0.39 is 18.1 Å². The first-order chi connectivity index (χ1) is 18.0. The van der Waals surface area contributed by atoms with Crippen molar-refractivity contribution in [3.63, 3.8) is 0 Å². The number of rotatable bonds is 9. The highest BCUT2D eigenvalue weighted by Gasteiger charge is 2.46. The lowest BCUT2D eigenvalue weighted by Crippen LogP contribution is -2.38. The van der Waals surface area contributed by atoms with Crippen LogP contribution in [-0.2, 0) is 9.53 Å². The maximum atomic E-state index is 13.8. The molecule has 0 bridgehead atoms. The topological polar surface area (TPSA) is 96.6 Å². The molecule has 0 aliphatic carbocycles. The summed E-state index contributed by atoms with van der Waals surface area (Å²) >= 11 is 2.25. The van der Waals surface area contributed by atoms with Gasteiger partial charge in [-0.1, -0.05) is 49.4 Å². The molecule has 1 fully saturated rings. The molecule has 1 aromatic heterocycles. The summed E-state index contributed by atoms with van der Waals surface area (Å²) in [5, 5.41) is 2.88. The van der Waals surface area contributed by atoms with Crippen LogP contribution in [0.5, 0.6) is 5.75 Å². The monoisotopic (exact) mass is 610 g/mol. The van der Waals surface area contributed by atoms with Gasteiger partial charge in [-0.05, 0) is 64.0 Å². The van der Waals surface area contributed by atoms with Crippen molar-refractivity contribution < 1.29 is 19.1 Å². The average molecular weight is 610 g/mol. The third kappa shape index (κ3) is 5.19. The quantitative estimate of drug-likeness (QED) is 0.152. The van der Waals surface area contributed by atoms with E-state index in [1.165, 1.54) is 4.90 Å². The number of hydrogen-bond acceptors (Lipinski definition) is 5. The van der Waals surface area contributed by atoms with Crippen molar-refractivity contribution in [2.24, 2.45) is 0 Å². The first-order valence-electron chi connectivity index (χ1n) is 12.0. The smallest absolute Gasteiger partial charge is 0.325 e. The van der Waals surface area contributed by atoms with E-state index in [2.05, 4.69) is 32.9 Å². The van der Waals surface area contributed by atoms with Crippen molar-refractivity contribution in [1.29, 1.82) is 0 Å². The molecule has 190 valence electrons.